The summed E-state index contributed by atoms with van der Waals surface area (Å²) in [6, 6.07) is 0. The van der Waals surface area contributed by atoms with Crippen molar-refractivity contribution in [1.29, 1.82) is 0 Å². The van der Waals surface area contributed by atoms with Gasteiger partial charge in [0.2, 0.25) is 5.89 Å². The summed E-state index contributed by atoms with van der Waals surface area (Å²) in [4.78, 5) is 3.94. The molecule has 0 radical (unpaired) electrons. The molecule has 4 nitrogen and oxygen atoms in total. The molecule has 0 atom stereocenters. The highest BCUT2D eigenvalue weighted by atomic mass is 16.5. The maximum absolute atomic E-state index is 5.32. The lowest BCUT2D eigenvalue weighted by atomic mass is 10.0. The van der Waals surface area contributed by atoms with Gasteiger partial charge < -0.3 is 10.3 Å². The van der Waals surface area contributed by atoms with Crippen LogP contribution in [-0.4, -0.2) is 10.1 Å². The van der Waals surface area contributed by atoms with E-state index in [1.165, 1.54) is 12.8 Å². The minimum atomic E-state index is 0.242. The second kappa shape index (κ2) is 2.47. The fourth-order valence-electron chi connectivity index (χ4n) is 1.24. The van der Waals surface area contributed by atoms with E-state index in [1.54, 1.807) is 0 Å². The first-order valence-electron chi connectivity index (χ1n) is 4.26. The summed E-state index contributed by atoms with van der Waals surface area (Å²) in [7, 11) is 0. The lowest BCUT2D eigenvalue weighted by Crippen LogP contribution is -1.96. The van der Waals surface area contributed by atoms with Gasteiger partial charge in [-0.15, -0.1) is 0 Å². The van der Waals surface area contributed by atoms with Crippen LogP contribution in [0, 0.1) is 5.41 Å². The van der Waals surface area contributed by atoms with Crippen molar-refractivity contribution >= 4 is 5.95 Å². The average molecular weight is 167 g/mol. The summed E-state index contributed by atoms with van der Waals surface area (Å²) in [6.45, 7) is 2.28. The molecular formula is C8H13N3O. The Hall–Kier alpha value is -1.06. The van der Waals surface area contributed by atoms with Crippen LogP contribution >= 0.6 is 0 Å². The third-order valence-electron chi connectivity index (χ3n) is 2.53. The van der Waals surface area contributed by atoms with Gasteiger partial charge in [0.15, 0.2) is 0 Å². The van der Waals surface area contributed by atoms with Gasteiger partial charge >= 0.3 is 0 Å². The first kappa shape index (κ1) is 7.58. The van der Waals surface area contributed by atoms with Crippen LogP contribution in [-0.2, 0) is 6.42 Å². The molecule has 0 amide bonds. The number of hydrogen-bond acceptors (Lipinski definition) is 4. The van der Waals surface area contributed by atoms with E-state index in [1.807, 2.05) is 0 Å². The zero-order chi connectivity index (χ0) is 8.60. The van der Waals surface area contributed by atoms with Crippen molar-refractivity contribution < 1.29 is 4.52 Å². The zero-order valence-electron chi connectivity index (χ0n) is 7.21. The van der Waals surface area contributed by atoms with Gasteiger partial charge in [0.1, 0.15) is 0 Å². The maximum Gasteiger partial charge on any atom is 0.260 e. The van der Waals surface area contributed by atoms with Gasteiger partial charge in [-0.25, -0.2) is 0 Å². The molecule has 0 spiro atoms. The lowest BCUT2D eigenvalue weighted by molar-refractivity contribution is 0.362. The molecule has 0 aliphatic heterocycles. The highest BCUT2D eigenvalue weighted by molar-refractivity contribution is 5.10. The molecule has 1 saturated carbocycles. The zero-order valence-corrected chi connectivity index (χ0v) is 7.21. The Labute approximate surface area is 71.1 Å². The highest BCUT2D eigenvalue weighted by Gasteiger charge is 2.36. The van der Waals surface area contributed by atoms with Gasteiger partial charge in [0.05, 0.1) is 0 Å². The molecule has 1 fully saturated rings. The summed E-state index contributed by atoms with van der Waals surface area (Å²) in [5.41, 5.74) is 5.86. The molecule has 2 N–H and O–H groups in total. The summed E-state index contributed by atoms with van der Waals surface area (Å²) in [5.74, 6) is 0.909. The molecule has 4 heteroatoms. The van der Waals surface area contributed by atoms with Gasteiger partial charge in [-0.2, -0.15) is 4.98 Å². The van der Waals surface area contributed by atoms with Crippen LogP contribution in [0.3, 0.4) is 0 Å². The second-order valence-electron chi connectivity index (χ2n) is 3.86. The van der Waals surface area contributed by atoms with Crippen molar-refractivity contribution in [1.82, 2.24) is 10.1 Å². The number of aryl methyl sites for hydroxylation is 1. The van der Waals surface area contributed by atoms with E-state index in [-0.39, 0.29) is 5.95 Å². The van der Waals surface area contributed by atoms with Crippen LogP contribution in [0.25, 0.3) is 0 Å². The van der Waals surface area contributed by atoms with Crippen LogP contribution in [0.1, 0.15) is 32.1 Å². The Morgan fingerprint density at radius 3 is 2.83 bits per heavy atom. The molecule has 2 rings (SSSR count). The smallest absolute Gasteiger partial charge is 0.260 e. The number of hydrogen-bond donors (Lipinski definition) is 1. The van der Waals surface area contributed by atoms with Crippen molar-refractivity contribution in [2.24, 2.45) is 5.41 Å². The predicted molar refractivity (Wildman–Crippen MR) is 44.4 cm³/mol. The monoisotopic (exact) mass is 167 g/mol. The maximum atomic E-state index is 5.32. The van der Waals surface area contributed by atoms with Crippen molar-refractivity contribution in [2.45, 2.75) is 32.6 Å². The minimum Gasteiger partial charge on any atom is -0.365 e. The number of aromatic nitrogens is 2. The van der Waals surface area contributed by atoms with Crippen molar-refractivity contribution in [2.75, 3.05) is 5.73 Å². The first-order chi connectivity index (χ1) is 5.68. The quantitative estimate of drug-likeness (QED) is 0.738. The van der Waals surface area contributed by atoms with E-state index in [0.29, 0.717) is 11.3 Å². The first-order valence-corrected chi connectivity index (χ1v) is 4.26. The van der Waals surface area contributed by atoms with Crippen LogP contribution in [0.4, 0.5) is 5.95 Å². The fourth-order valence-corrected chi connectivity index (χ4v) is 1.24. The molecule has 1 aromatic rings. The van der Waals surface area contributed by atoms with Gasteiger partial charge in [0, 0.05) is 6.42 Å². The fraction of sp³-hybridized carbons (Fsp3) is 0.750. The van der Waals surface area contributed by atoms with Gasteiger partial charge in [-0.3, -0.25) is 0 Å². The van der Waals surface area contributed by atoms with E-state index < -0.39 is 0 Å². The number of nitrogen functional groups attached to an aromatic ring is 1. The van der Waals surface area contributed by atoms with Crippen molar-refractivity contribution in [3.63, 3.8) is 0 Å². The normalized spacial score (nSPS) is 19.4. The van der Waals surface area contributed by atoms with Crippen LogP contribution < -0.4 is 5.73 Å². The predicted octanol–water partition coefficient (Wildman–Crippen LogP) is 1.38. The number of rotatable bonds is 3. The van der Waals surface area contributed by atoms with E-state index in [9.17, 15) is 0 Å². The SMILES string of the molecule is CC1(CCc2nc(N)no2)CC1. The molecule has 0 saturated heterocycles. The molecule has 0 aromatic carbocycles. The van der Waals surface area contributed by atoms with Crippen LogP contribution in [0.2, 0.25) is 0 Å². The summed E-state index contributed by atoms with van der Waals surface area (Å²) in [6.07, 6.45) is 4.66. The molecular weight excluding hydrogens is 154 g/mol. The molecule has 1 aromatic heterocycles. The highest BCUT2D eigenvalue weighted by Crippen LogP contribution is 2.48. The Morgan fingerprint density at radius 1 is 1.58 bits per heavy atom. The van der Waals surface area contributed by atoms with Gasteiger partial charge in [0.25, 0.3) is 5.95 Å². The third kappa shape index (κ3) is 1.57. The Morgan fingerprint density at radius 2 is 2.33 bits per heavy atom. The average Bonchev–Trinajstić information content (AvgIpc) is 2.60. The second-order valence-corrected chi connectivity index (χ2v) is 3.86. The molecule has 66 valence electrons. The Balaban J connectivity index is 1.87. The summed E-state index contributed by atoms with van der Waals surface area (Å²) < 4.78 is 4.90. The number of nitrogens with two attached hydrogens (primary N) is 1. The number of anilines is 1. The van der Waals surface area contributed by atoms with Crippen molar-refractivity contribution in [3.8, 4) is 0 Å². The standard InChI is InChI=1S/C8H13N3O/c1-8(4-5-8)3-2-6-10-7(9)11-12-6/h2-5H2,1H3,(H2,9,11). The Kier molecular flexibility index (Phi) is 1.56. The van der Waals surface area contributed by atoms with Crippen molar-refractivity contribution in [3.05, 3.63) is 5.89 Å². The summed E-state index contributed by atoms with van der Waals surface area (Å²) in [5, 5.41) is 3.53. The topological polar surface area (TPSA) is 64.9 Å². The Bertz CT molecular complexity index is 278. The molecule has 1 heterocycles. The molecule has 1 aliphatic rings. The molecule has 0 bridgehead atoms. The van der Waals surface area contributed by atoms with Gasteiger partial charge in [-0.05, 0) is 29.8 Å². The molecule has 0 unspecified atom stereocenters. The molecule has 1 aliphatic carbocycles. The van der Waals surface area contributed by atoms with E-state index >= 15 is 0 Å². The molecule has 12 heavy (non-hydrogen) atoms. The lowest BCUT2D eigenvalue weighted by Gasteiger charge is -2.02. The summed E-state index contributed by atoms with van der Waals surface area (Å²) >= 11 is 0. The van der Waals surface area contributed by atoms with E-state index in [0.717, 1.165) is 12.8 Å². The van der Waals surface area contributed by atoms with E-state index in [2.05, 4.69) is 17.1 Å². The minimum absolute atomic E-state index is 0.242. The largest absolute Gasteiger partial charge is 0.365 e. The van der Waals surface area contributed by atoms with Gasteiger partial charge in [-0.1, -0.05) is 6.92 Å². The number of nitrogens with zero attached hydrogens (tertiary/aromatic N) is 2. The van der Waals surface area contributed by atoms with E-state index in [4.69, 9.17) is 10.3 Å². The third-order valence-corrected chi connectivity index (χ3v) is 2.53. The van der Waals surface area contributed by atoms with Crippen LogP contribution in [0.15, 0.2) is 4.52 Å². The van der Waals surface area contributed by atoms with Crippen LogP contribution in [0.5, 0.6) is 0 Å².